The van der Waals surface area contributed by atoms with Gasteiger partial charge in [0.1, 0.15) is 5.82 Å². The van der Waals surface area contributed by atoms with Crippen LogP contribution in [0.25, 0.3) is 0 Å². The summed E-state index contributed by atoms with van der Waals surface area (Å²) in [6, 6.07) is 7.52. The number of benzene rings is 1. The highest BCUT2D eigenvalue weighted by Crippen LogP contribution is 2.33. The van der Waals surface area contributed by atoms with Gasteiger partial charge in [-0.25, -0.2) is 4.39 Å². The first kappa shape index (κ1) is 15.9. The van der Waals surface area contributed by atoms with Crippen LogP contribution in [0.15, 0.2) is 42.7 Å². The normalized spacial score (nSPS) is 20.7. The zero-order valence-electron chi connectivity index (χ0n) is 12.3. The lowest BCUT2D eigenvalue weighted by atomic mass is 9.90. The van der Waals surface area contributed by atoms with E-state index in [9.17, 15) is 14.3 Å². The molecule has 2 atom stereocenters. The standard InChI is InChI=1S/C17H16ClFN2O2/c18-16-2-1-13(19)7-14(16)17(23)21-8-12(10-22)15(9-21)11-3-5-20-6-4-11/h1-7,12,15,22H,8-10H2/t12-,15-/m0/s1. The van der Waals surface area contributed by atoms with Crippen molar-refractivity contribution >= 4 is 17.5 Å². The molecule has 4 nitrogen and oxygen atoms in total. The third-order valence-corrected chi connectivity index (χ3v) is 4.59. The fraction of sp³-hybridized carbons (Fsp3) is 0.294. The monoisotopic (exact) mass is 334 g/mol. The summed E-state index contributed by atoms with van der Waals surface area (Å²) < 4.78 is 13.4. The first-order valence-electron chi connectivity index (χ1n) is 7.35. The molecular weight excluding hydrogens is 319 g/mol. The molecule has 3 rings (SSSR count). The first-order valence-corrected chi connectivity index (χ1v) is 7.73. The van der Waals surface area contributed by atoms with E-state index in [2.05, 4.69) is 4.98 Å². The van der Waals surface area contributed by atoms with E-state index in [0.717, 1.165) is 11.6 Å². The number of aliphatic hydroxyl groups is 1. The van der Waals surface area contributed by atoms with Crippen molar-refractivity contribution in [2.45, 2.75) is 5.92 Å². The molecule has 0 aliphatic carbocycles. The van der Waals surface area contributed by atoms with Gasteiger partial charge in [-0.3, -0.25) is 9.78 Å². The Bertz CT molecular complexity index is 711. The van der Waals surface area contributed by atoms with Gasteiger partial charge in [-0.2, -0.15) is 0 Å². The fourth-order valence-corrected chi connectivity index (χ4v) is 3.24. The van der Waals surface area contributed by atoms with Crippen LogP contribution in [-0.2, 0) is 0 Å². The van der Waals surface area contributed by atoms with Crippen molar-refractivity contribution in [3.8, 4) is 0 Å². The molecule has 1 fully saturated rings. The Morgan fingerprint density at radius 3 is 2.74 bits per heavy atom. The van der Waals surface area contributed by atoms with E-state index in [1.165, 1.54) is 12.1 Å². The molecule has 6 heteroatoms. The number of nitrogens with zero attached hydrogens (tertiary/aromatic N) is 2. The van der Waals surface area contributed by atoms with Gasteiger partial charge in [-0.05, 0) is 35.9 Å². The van der Waals surface area contributed by atoms with Crippen molar-refractivity contribution in [3.63, 3.8) is 0 Å². The van der Waals surface area contributed by atoms with E-state index >= 15 is 0 Å². The second-order valence-electron chi connectivity index (χ2n) is 5.66. The third kappa shape index (κ3) is 3.21. The van der Waals surface area contributed by atoms with E-state index in [0.29, 0.717) is 13.1 Å². The first-order chi connectivity index (χ1) is 11.1. The van der Waals surface area contributed by atoms with E-state index in [1.54, 1.807) is 17.3 Å². The number of hydrogen-bond donors (Lipinski definition) is 1. The summed E-state index contributed by atoms with van der Waals surface area (Å²) in [5.74, 6) is -0.848. The Kier molecular flexibility index (Phi) is 4.59. The predicted octanol–water partition coefficient (Wildman–Crippen LogP) is 2.72. The summed E-state index contributed by atoms with van der Waals surface area (Å²) in [5, 5.41) is 9.85. The molecule has 0 saturated carbocycles. The Balaban J connectivity index is 1.84. The number of aliphatic hydroxyl groups excluding tert-OH is 1. The molecule has 1 aliphatic heterocycles. The second kappa shape index (κ2) is 6.64. The summed E-state index contributed by atoms with van der Waals surface area (Å²) in [4.78, 5) is 18.2. The van der Waals surface area contributed by atoms with Crippen LogP contribution in [0.5, 0.6) is 0 Å². The number of carbonyl (C=O) groups is 1. The van der Waals surface area contributed by atoms with E-state index in [-0.39, 0.29) is 34.9 Å². The fourth-order valence-electron chi connectivity index (χ4n) is 3.04. The number of pyridine rings is 1. The molecule has 1 aromatic heterocycles. The highest BCUT2D eigenvalue weighted by atomic mass is 35.5. The largest absolute Gasteiger partial charge is 0.396 e. The van der Waals surface area contributed by atoms with Crippen molar-refractivity contribution in [1.82, 2.24) is 9.88 Å². The number of hydrogen-bond acceptors (Lipinski definition) is 3. The van der Waals surface area contributed by atoms with Crippen LogP contribution in [0.1, 0.15) is 21.8 Å². The number of rotatable bonds is 3. The summed E-state index contributed by atoms with van der Waals surface area (Å²) in [5.41, 5.74) is 1.18. The van der Waals surface area contributed by atoms with Gasteiger partial charge in [0.2, 0.25) is 0 Å². The maximum absolute atomic E-state index is 13.4. The molecular formula is C17H16ClFN2O2. The van der Waals surface area contributed by atoms with Crippen LogP contribution in [0.3, 0.4) is 0 Å². The summed E-state index contributed by atoms with van der Waals surface area (Å²) in [6.45, 7) is 0.851. The van der Waals surface area contributed by atoms with Gasteiger partial charge in [-0.1, -0.05) is 11.6 Å². The smallest absolute Gasteiger partial charge is 0.255 e. The van der Waals surface area contributed by atoms with Crippen molar-refractivity contribution in [3.05, 3.63) is 64.7 Å². The number of carbonyl (C=O) groups excluding carboxylic acids is 1. The zero-order chi connectivity index (χ0) is 16.4. The molecule has 1 aromatic carbocycles. The molecule has 0 unspecified atom stereocenters. The summed E-state index contributed by atoms with van der Waals surface area (Å²) in [6.07, 6.45) is 3.38. The molecule has 23 heavy (non-hydrogen) atoms. The molecule has 2 heterocycles. The average molecular weight is 335 g/mol. The number of likely N-dealkylation sites (tertiary alicyclic amines) is 1. The van der Waals surface area contributed by atoms with Crippen molar-refractivity contribution in [2.75, 3.05) is 19.7 Å². The molecule has 2 aromatic rings. The Morgan fingerprint density at radius 1 is 1.30 bits per heavy atom. The molecule has 1 saturated heterocycles. The topological polar surface area (TPSA) is 53.4 Å². The van der Waals surface area contributed by atoms with E-state index < -0.39 is 5.82 Å². The molecule has 0 bridgehead atoms. The Labute approximate surface area is 138 Å². The minimum Gasteiger partial charge on any atom is -0.396 e. The van der Waals surface area contributed by atoms with Crippen LogP contribution < -0.4 is 0 Å². The second-order valence-corrected chi connectivity index (χ2v) is 6.07. The quantitative estimate of drug-likeness (QED) is 0.939. The van der Waals surface area contributed by atoms with Gasteiger partial charge in [0.05, 0.1) is 10.6 Å². The minimum atomic E-state index is -0.499. The highest BCUT2D eigenvalue weighted by molar-refractivity contribution is 6.33. The van der Waals surface area contributed by atoms with Crippen molar-refractivity contribution in [1.29, 1.82) is 0 Å². The predicted molar refractivity (Wildman–Crippen MR) is 84.9 cm³/mol. The lowest BCUT2D eigenvalue weighted by Crippen LogP contribution is -2.29. The van der Waals surface area contributed by atoms with Crippen LogP contribution in [0, 0.1) is 11.7 Å². The summed E-state index contributed by atoms with van der Waals surface area (Å²) in [7, 11) is 0. The lowest BCUT2D eigenvalue weighted by Gasteiger charge is -2.17. The van der Waals surface area contributed by atoms with Gasteiger partial charge in [-0.15, -0.1) is 0 Å². The van der Waals surface area contributed by atoms with Gasteiger partial charge in [0.25, 0.3) is 5.91 Å². The van der Waals surface area contributed by atoms with Gasteiger partial charge < -0.3 is 10.0 Å². The molecule has 120 valence electrons. The average Bonchev–Trinajstić information content (AvgIpc) is 3.01. The molecule has 0 radical (unpaired) electrons. The number of aromatic nitrogens is 1. The van der Waals surface area contributed by atoms with Crippen LogP contribution in [0.4, 0.5) is 4.39 Å². The number of amides is 1. The highest BCUT2D eigenvalue weighted by Gasteiger charge is 2.36. The van der Waals surface area contributed by atoms with Gasteiger partial charge >= 0.3 is 0 Å². The lowest BCUT2D eigenvalue weighted by molar-refractivity contribution is 0.0781. The third-order valence-electron chi connectivity index (χ3n) is 4.26. The van der Waals surface area contributed by atoms with Crippen LogP contribution >= 0.6 is 11.6 Å². The Hall–Kier alpha value is -1.98. The summed E-state index contributed by atoms with van der Waals surface area (Å²) >= 11 is 6.02. The maximum atomic E-state index is 13.4. The maximum Gasteiger partial charge on any atom is 0.255 e. The van der Waals surface area contributed by atoms with Gasteiger partial charge in [0, 0.05) is 43.9 Å². The van der Waals surface area contributed by atoms with Crippen molar-refractivity contribution < 1.29 is 14.3 Å². The minimum absolute atomic E-state index is 0.0202. The van der Waals surface area contributed by atoms with Gasteiger partial charge in [0.15, 0.2) is 0 Å². The SMILES string of the molecule is O=C(c1cc(F)ccc1Cl)N1C[C@@H](CO)[C@H](c2ccncc2)C1. The Morgan fingerprint density at radius 2 is 2.04 bits per heavy atom. The zero-order valence-corrected chi connectivity index (χ0v) is 13.1. The van der Waals surface area contributed by atoms with Crippen LogP contribution in [0.2, 0.25) is 5.02 Å². The molecule has 1 amide bonds. The van der Waals surface area contributed by atoms with Crippen molar-refractivity contribution in [2.24, 2.45) is 5.92 Å². The molecule has 1 aliphatic rings. The molecule has 0 spiro atoms. The van der Waals surface area contributed by atoms with E-state index in [4.69, 9.17) is 11.6 Å². The molecule has 1 N–H and O–H groups in total. The van der Waals surface area contributed by atoms with E-state index in [1.807, 2.05) is 12.1 Å². The number of halogens is 2. The van der Waals surface area contributed by atoms with Crippen LogP contribution in [-0.4, -0.2) is 40.6 Å².